The summed E-state index contributed by atoms with van der Waals surface area (Å²) in [6.45, 7) is 5.69. The number of amides is 1. The van der Waals surface area contributed by atoms with Crippen molar-refractivity contribution in [3.8, 4) is 0 Å². The van der Waals surface area contributed by atoms with E-state index < -0.39 is 5.41 Å². The van der Waals surface area contributed by atoms with Crippen molar-refractivity contribution in [3.63, 3.8) is 0 Å². The molecule has 4 heteroatoms. The number of hydrogen-bond acceptors (Lipinski definition) is 3. The molecule has 19 heavy (non-hydrogen) atoms. The zero-order valence-electron chi connectivity index (χ0n) is 11.8. The lowest BCUT2D eigenvalue weighted by atomic mass is 9.81. The molecule has 0 aliphatic heterocycles. The van der Waals surface area contributed by atoms with Gasteiger partial charge in [-0.3, -0.25) is 9.59 Å². The fourth-order valence-electron chi connectivity index (χ4n) is 1.84. The Morgan fingerprint density at radius 2 is 2.05 bits per heavy atom. The van der Waals surface area contributed by atoms with Crippen LogP contribution < -0.4 is 11.1 Å². The third-order valence-corrected chi connectivity index (χ3v) is 3.45. The summed E-state index contributed by atoms with van der Waals surface area (Å²) in [6, 6.07) is 6.71. The van der Waals surface area contributed by atoms with E-state index in [0.717, 1.165) is 19.1 Å². The maximum atomic E-state index is 12.3. The second kappa shape index (κ2) is 6.48. The summed E-state index contributed by atoms with van der Waals surface area (Å²) in [5, 5.41) is 2.79. The SMILES string of the molecule is CCCC(N)C(C)(C)C(=O)Nc1ccccc1C=O. The van der Waals surface area contributed by atoms with Crippen LogP contribution in [0.15, 0.2) is 24.3 Å². The second-order valence-electron chi connectivity index (χ2n) is 5.28. The molecule has 0 aromatic heterocycles. The van der Waals surface area contributed by atoms with Crippen LogP contribution in [0.3, 0.4) is 0 Å². The number of rotatable bonds is 6. The van der Waals surface area contributed by atoms with Gasteiger partial charge in [-0.25, -0.2) is 0 Å². The van der Waals surface area contributed by atoms with Gasteiger partial charge < -0.3 is 11.1 Å². The van der Waals surface area contributed by atoms with Gasteiger partial charge in [-0.05, 0) is 32.4 Å². The minimum Gasteiger partial charge on any atom is -0.327 e. The molecule has 0 aliphatic carbocycles. The molecule has 1 unspecified atom stereocenters. The predicted molar refractivity (Wildman–Crippen MR) is 77.1 cm³/mol. The number of aldehydes is 1. The highest BCUT2D eigenvalue weighted by atomic mass is 16.2. The minimum atomic E-state index is -0.675. The van der Waals surface area contributed by atoms with Crippen molar-refractivity contribution in [3.05, 3.63) is 29.8 Å². The number of benzene rings is 1. The molecule has 1 aromatic rings. The summed E-state index contributed by atoms with van der Waals surface area (Å²) < 4.78 is 0. The van der Waals surface area contributed by atoms with E-state index in [0.29, 0.717) is 11.3 Å². The monoisotopic (exact) mass is 262 g/mol. The van der Waals surface area contributed by atoms with E-state index in [-0.39, 0.29) is 11.9 Å². The number of carbonyl (C=O) groups is 2. The molecule has 0 heterocycles. The van der Waals surface area contributed by atoms with Gasteiger partial charge in [-0.15, -0.1) is 0 Å². The number of nitrogens with one attached hydrogen (secondary N) is 1. The van der Waals surface area contributed by atoms with E-state index >= 15 is 0 Å². The molecule has 104 valence electrons. The van der Waals surface area contributed by atoms with Gasteiger partial charge in [-0.2, -0.15) is 0 Å². The number of carbonyl (C=O) groups excluding carboxylic acids is 2. The van der Waals surface area contributed by atoms with Crippen molar-refractivity contribution >= 4 is 17.9 Å². The number of anilines is 1. The van der Waals surface area contributed by atoms with Crippen molar-refractivity contribution < 1.29 is 9.59 Å². The van der Waals surface area contributed by atoms with Crippen LogP contribution in [0.2, 0.25) is 0 Å². The molecule has 1 atom stereocenters. The quantitative estimate of drug-likeness (QED) is 0.774. The Kier molecular flexibility index (Phi) is 5.24. The Balaban J connectivity index is 2.87. The molecule has 1 amide bonds. The van der Waals surface area contributed by atoms with Gasteiger partial charge >= 0.3 is 0 Å². The molecule has 0 bridgehead atoms. The normalized spacial score (nSPS) is 12.8. The lowest BCUT2D eigenvalue weighted by Crippen LogP contribution is -2.46. The van der Waals surface area contributed by atoms with Gasteiger partial charge in [0, 0.05) is 11.6 Å². The summed E-state index contributed by atoms with van der Waals surface area (Å²) in [5.74, 6) is -0.164. The molecular formula is C15H22N2O2. The highest BCUT2D eigenvalue weighted by Gasteiger charge is 2.34. The summed E-state index contributed by atoms with van der Waals surface area (Å²) in [7, 11) is 0. The third-order valence-electron chi connectivity index (χ3n) is 3.45. The van der Waals surface area contributed by atoms with Crippen molar-refractivity contribution in [1.29, 1.82) is 0 Å². The zero-order valence-corrected chi connectivity index (χ0v) is 11.8. The smallest absolute Gasteiger partial charge is 0.231 e. The van der Waals surface area contributed by atoms with Crippen molar-refractivity contribution in [2.45, 2.75) is 39.7 Å². The first kappa shape index (κ1) is 15.4. The predicted octanol–water partition coefficient (Wildman–Crippen LogP) is 2.59. The van der Waals surface area contributed by atoms with Crippen LogP contribution in [0.25, 0.3) is 0 Å². The van der Waals surface area contributed by atoms with E-state index in [4.69, 9.17) is 5.73 Å². The zero-order chi connectivity index (χ0) is 14.5. The van der Waals surface area contributed by atoms with Gasteiger partial charge in [0.25, 0.3) is 0 Å². The van der Waals surface area contributed by atoms with E-state index in [1.807, 2.05) is 20.8 Å². The van der Waals surface area contributed by atoms with Crippen molar-refractivity contribution in [2.75, 3.05) is 5.32 Å². The number of para-hydroxylation sites is 1. The first-order valence-corrected chi connectivity index (χ1v) is 6.54. The van der Waals surface area contributed by atoms with Gasteiger partial charge in [0.05, 0.1) is 11.1 Å². The molecule has 0 radical (unpaired) electrons. The Morgan fingerprint density at radius 1 is 1.42 bits per heavy atom. The molecule has 4 nitrogen and oxygen atoms in total. The average Bonchev–Trinajstić information content (AvgIpc) is 2.39. The number of hydrogen-bond donors (Lipinski definition) is 2. The summed E-state index contributed by atoms with van der Waals surface area (Å²) in [5.41, 5.74) is 6.38. The van der Waals surface area contributed by atoms with E-state index in [9.17, 15) is 9.59 Å². The van der Waals surface area contributed by atoms with Crippen LogP contribution in [0.5, 0.6) is 0 Å². The molecule has 0 aliphatic rings. The van der Waals surface area contributed by atoms with Crippen LogP contribution >= 0.6 is 0 Å². The molecule has 3 N–H and O–H groups in total. The van der Waals surface area contributed by atoms with E-state index in [1.54, 1.807) is 24.3 Å². The molecule has 1 aromatic carbocycles. The van der Waals surface area contributed by atoms with Crippen LogP contribution in [-0.2, 0) is 4.79 Å². The highest BCUT2D eigenvalue weighted by Crippen LogP contribution is 2.25. The third kappa shape index (κ3) is 3.64. The standard InChI is InChI=1S/C15H22N2O2/c1-4-7-13(16)15(2,3)14(19)17-12-9-6-5-8-11(12)10-18/h5-6,8-10,13H,4,7,16H2,1-3H3,(H,17,19). The molecular weight excluding hydrogens is 240 g/mol. The first-order chi connectivity index (χ1) is 8.93. The maximum absolute atomic E-state index is 12.3. The van der Waals surface area contributed by atoms with E-state index in [1.165, 1.54) is 0 Å². The Hall–Kier alpha value is -1.68. The average molecular weight is 262 g/mol. The van der Waals surface area contributed by atoms with Gasteiger partial charge in [0.1, 0.15) is 0 Å². The van der Waals surface area contributed by atoms with Crippen LogP contribution in [0, 0.1) is 5.41 Å². The van der Waals surface area contributed by atoms with Gasteiger partial charge in [0.2, 0.25) is 5.91 Å². The fourth-order valence-corrected chi connectivity index (χ4v) is 1.84. The lowest BCUT2D eigenvalue weighted by Gasteiger charge is -2.30. The molecule has 0 spiro atoms. The van der Waals surface area contributed by atoms with Crippen LogP contribution in [-0.4, -0.2) is 18.2 Å². The van der Waals surface area contributed by atoms with E-state index in [2.05, 4.69) is 5.32 Å². The lowest BCUT2D eigenvalue weighted by molar-refractivity contribution is -0.125. The topological polar surface area (TPSA) is 72.2 Å². The molecule has 1 rings (SSSR count). The minimum absolute atomic E-state index is 0.164. The van der Waals surface area contributed by atoms with Crippen molar-refractivity contribution in [1.82, 2.24) is 0 Å². The van der Waals surface area contributed by atoms with Gasteiger partial charge in [-0.1, -0.05) is 25.5 Å². The van der Waals surface area contributed by atoms with Crippen LogP contribution in [0.4, 0.5) is 5.69 Å². The Morgan fingerprint density at radius 3 is 2.63 bits per heavy atom. The largest absolute Gasteiger partial charge is 0.327 e. The highest BCUT2D eigenvalue weighted by molar-refractivity contribution is 5.99. The second-order valence-corrected chi connectivity index (χ2v) is 5.28. The van der Waals surface area contributed by atoms with Crippen LogP contribution in [0.1, 0.15) is 44.0 Å². The maximum Gasteiger partial charge on any atom is 0.231 e. The van der Waals surface area contributed by atoms with Crippen molar-refractivity contribution in [2.24, 2.45) is 11.1 Å². The summed E-state index contributed by atoms with van der Waals surface area (Å²) in [6.07, 6.45) is 2.45. The summed E-state index contributed by atoms with van der Waals surface area (Å²) in [4.78, 5) is 23.2. The number of nitrogens with two attached hydrogens (primary N) is 1. The van der Waals surface area contributed by atoms with Gasteiger partial charge in [0.15, 0.2) is 6.29 Å². The molecule has 0 saturated heterocycles. The Labute approximate surface area is 114 Å². The Bertz CT molecular complexity index is 455. The summed E-state index contributed by atoms with van der Waals surface area (Å²) >= 11 is 0. The molecule has 0 saturated carbocycles. The first-order valence-electron chi connectivity index (χ1n) is 6.54. The molecule has 0 fully saturated rings. The fraction of sp³-hybridized carbons (Fsp3) is 0.467.